The van der Waals surface area contributed by atoms with E-state index in [1.165, 1.54) is 116 Å². The van der Waals surface area contributed by atoms with Crippen LogP contribution in [-0.4, -0.2) is 61.5 Å². The van der Waals surface area contributed by atoms with E-state index in [4.69, 9.17) is 0 Å². The Morgan fingerprint density at radius 2 is 0.667 bits per heavy atom. The van der Waals surface area contributed by atoms with Crippen LogP contribution in [-0.2, 0) is 0 Å². The van der Waals surface area contributed by atoms with Gasteiger partial charge in [0.05, 0.1) is 0 Å². The number of hydrogen-bond acceptors (Lipinski definition) is 3. The fraction of sp³-hybridized carbons (Fsp3) is 0.923. The van der Waals surface area contributed by atoms with E-state index >= 15 is 0 Å². The van der Waals surface area contributed by atoms with Gasteiger partial charge in [-0.3, -0.25) is 13.7 Å². The Morgan fingerprint density at radius 3 is 0.800 bits per heavy atom. The molecule has 0 unspecified atom stereocenters. The van der Waals surface area contributed by atoms with Crippen molar-refractivity contribution < 1.29 is 0 Å². The van der Waals surface area contributed by atoms with Crippen molar-refractivity contribution in [2.45, 2.75) is 119 Å². The summed E-state index contributed by atoms with van der Waals surface area (Å²) in [6.45, 7) is 26.0. The van der Waals surface area contributed by atoms with Crippen LogP contribution in [0.15, 0.2) is 12.3 Å². The van der Waals surface area contributed by atoms with Crippen LogP contribution in [0, 0.1) is 0 Å². The van der Waals surface area contributed by atoms with Crippen molar-refractivity contribution in [1.82, 2.24) is 13.7 Å². The van der Waals surface area contributed by atoms with E-state index in [1.807, 2.05) is 0 Å². The molecule has 3 nitrogen and oxygen atoms in total. The first-order valence-corrected chi connectivity index (χ1v) is 15.4. The molecule has 0 aliphatic rings. The maximum Gasteiger partial charge on any atom is 0.315 e. The van der Waals surface area contributed by atoms with Gasteiger partial charge in [-0.1, -0.05) is 85.8 Å². The molecule has 0 saturated carbocycles. The summed E-state index contributed by atoms with van der Waals surface area (Å²) < 4.78 is 8.84. The fourth-order valence-corrected chi connectivity index (χ4v) is 9.30. The lowest BCUT2D eigenvalue weighted by molar-refractivity contribution is 0.233. The standard InChI is InChI=1S/C26H57N3Si/c1-8-15-21-27(22-16-9-2)30(14-7,28(23-17-10-3)24-18-11-4)29(25-19-12-5)26-20-13-6/h14H,7-13,15-26H2,1-6H3. The second kappa shape index (κ2) is 19.5. The normalized spacial score (nSPS) is 12.4. The van der Waals surface area contributed by atoms with E-state index in [1.54, 1.807) is 0 Å². The van der Waals surface area contributed by atoms with Crippen LogP contribution in [0.1, 0.15) is 119 Å². The molecular formula is C26H57N3Si. The van der Waals surface area contributed by atoms with Crippen molar-refractivity contribution in [2.24, 2.45) is 0 Å². The minimum atomic E-state index is -2.12. The zero-order valence-corrected chi connectivity index (χ0v) is 22.9. The van der Waals surface area contributed by atoms with Crippen molar-refractivity contribution in [3.63, 3.8) is 0 Å². The topological polar surface area (TPSA) is 9.72 Å². The Kier molecular flexibility index (Phi) is 19.4. The first-order chi connectivity index (χ1) is 14.6. The van der Waals surface area contributed by atoms with Crippen LogP contribution in [0.3, 0.4) is 0 Å². The largest absolute Gasteiger partial charge is 0.315 e. The van der Waals surface area contributed by atoms with Gasteiger partial charge in [-0.15, -0.1) is 6.58 Å². The smallest absolute Gasteiger partial charge is 0.296 e. The maximum atomic E-state index is 4.58. The van der Waals surface area contributed by atoms with Crippen LogP contribution < -0.4 is 0 Å². The van der Waals surface area contributed by atoms with Crippen LogP contribution in [0.4, 0.5) is 0 Å². The number of nitrogens with zero attached hydrogens (tertiary/aromatic N) is 3. The Balaban J connectivity index is 6.30. The number of hydrogen-bond donors (Lipinski definition) is 0. The molecule has 0 aliphatic heterocycles. The van der Waals surface area contributed by atoms with Crippen LogP contribution >= 0.6 is 0 Å². The van der Waals surface area contributed by atoms with E-state index < -0.39 is 8.56 Å². The van der Waals surface area contributed by atoms with E-state index in [2.05, 4.69) is 67.5 Å². The van der Waals surface area contributed by atoms with Crippen LogP contribution in [0.5, 0.6) is 0 Å². The third-order valence-electron chi connectivity index (χ3n) is 6.36. The summed E-state index contributed by atoms with van der Waals surface area (Å²) in [6.07, 6.45) is 15.5. The van der Waals surface area contributed by atoms with Crippen molar-refractivity contribution in [1.29, 1.82) is 0 Å². The summed E-state index contributed by atoms with van der Waals surface area (Å²) >= 11 is 0. The summed E-state index contributed by atoms with van der Waals surface area (Å²) in [5.41, 5.74) is 2.47. The Bertz CT molecular complexity index is 314. The lowest BCUT2D eigenvalue weighted by Crippen LogP contribution is -2.75. The average Bonchev–Trinajstić information content (AvgIpc) is 2.77. The summed E-state index contributed by atoms with van der Waals surface area (Å²) in [6, 6.07) is 0. The highest BCUT2D eigenvalue weighted by Crippen LogP contribution is 2.26. The Labute approximate surface area is 192 Å². The zero-order chi connectivity index (χ0) is 22.7. The highest BCUT2D eigenvalue weighted by atomic mass is 28.4. The van der Waals surface area contributed by atoms with Crippen molar-refractivity contribution in [3.05, 3.63) is 12.3 Å². The predicted molar refractivity (Wildman–Crippen MR) is 140 cm³/mol. The van der Waals surface area contributed by atoms with Gasteiger partial charge in [0, 0.05) is 0 Å². The van der Waals surface area contributed by atoms with E-state index in [0.717, 1.165) is 0 Å². The molecule has 0 spiro atoms. The second-order valence-corrected chi connectivity index (χ2v) is 12.7. The Hall–Kier alpha value is -0.163. The van der Waals surface area contributed by atoms with Crippen molar-refractivity contribution in [3.8, 4) is 0 Å². The maximum absolute atomic E-state index is 4.58. The molecule has 30 heavy (non-hydrogen) atoms. The van der Waals surface area contributed by atoms with Gasteiger partial charge in [-0.25, -0.2) is 0 Å². The minimum absolute atomic E-state index is 1.23. The number of rotatable bonds is 22. The molecule has 0 amide bonds. The third-order valence-corrected chi connectivity index (χ3v) is 11.0. The molecule has 180 valence electrons. The quantitative estimate of drug-likeness (QED) is 0.163. The molecule has 0 saturated heterocycles. The summed E-state index contributed by atoms with van der Waals surface area (Å²) in [4.78, 5) is 0. The molecule has 0 N–H and O–H groups in total. The predicted octanol–water partition coefficient (Wildman–Crippen LogP) is 7.36. The van der Waals surface area contributed by atoms with Crippen LogP contribution in [0.2, 0.25) is 0 Å². The van der Waals surface area contributed by atoms with E-state index in [0.29, 0.717) is 0 Å². The Morgan fingerprint density at radius 1 is 0.467 bits per heavy atom. The molecule has 0 aromatic heterocycles. The molecule has 0 aliphatic carbocycles. The molecular weight excluding hydrogens is 382 g/mol. The highest BCUT2D eigenvalue weighted by molar-refractivity contribution is 6.76. The third kappa shape index (κ3) is 9.97. The summed E-state index contributed by atoms with van der Waals surface area (Å²) in [7, 11) is -2.12. The van der Waals surface area contributed by atoms with Gasteiger partial charge >= 0.3 is 8.56 Å². The average molecular weight is 440 g/mol. The molecule has 0 aromatic carbocycles. The van der Waals surface area contributed by atoms with E-state index in [9.17, 15) is 0 Å². The molecule has 0 radical (unpaired) electrons. The van der Waals surface area contributed by atoms with Gasteiger partial charge in [0.2, 0.25) is 0 Å². The molecule has 0 bridgehead atoms. The lowest BCUT2D eigenvalue weighted by atomic mass is 10.3. The van der Waals surface area contributed by atoms with Gasteiger partial charge in [0.15, 0.2) is 0 Å². The summed E-state index contributed by atoms with van der Waals surface area (Å²) in [5.74, 6) is 0. The van der Waals surface area contributed by atoms with Gasteiger partial charge < -0.3 is 0 Å². The SMILES string of the molecule is C=C[Si](N(CCCC)CCCC)(N(CCCC)CCCC)N(CCCC)CCCC. The molecule has 0 aromatic rings. The minimum Gasteiger partial charge on any atom is -0.296 e. The number of unbranched alkanes of at least 4 members (excludes halogenated alkanes) is 6. The fourth-order valence-electron chi connectivity index (χ4n) is 4.40. The van der Waals surface area contributed by atoms with Crippen molar-refractivity contribution >= 4 is 8.56 Å². The first-order valence-electron chi connectivity index (χ1n) is 13.5. The van der Waals surface area contributed by atoms with Gasteiger partial charge in [-0.05, 0) is 77.8 Å². The molecule has 0 fully saturated rings. The van der Waals surface area contributed by atoms with Gasteiger partial charge in [-0.2, -0.15) is 0 Å². The molecule has 4 heteroatoms. The molecule has 0 heterocycles. The summed E-state index contributed by atoms with van der Waals surface area (Å²) in [5, 5.41) is 0. The molecule has 0 rings (SSSR count). The van der Waals surface area contributed by atoms with E-state index in [-0.39, 0.29) is 0 Å². The second-order valence-electron chi connectivity index (χ2n) is 8.97. The lowest BCUT2D eigenvalue weighted by Gasteiger charge is -2.53. The van der Waals surface area contributed by atoms with Crippen LogP contribution in [0.25, 0.3) is 0 Å². The highest BCUT2D eigenvalue weighted by Gasteiger charge is 2.47. The van der Waals surface area contributed by atoms with Gasteiger partial charge in [0.1, 0.15) is 0 Å². The molecule has 0 atom stereocenters. The first kappa shape index (κ1) is 29.8. The van der Waals surface area contributed by atoms with Gasteiger partial charge in [0.25, 0.3) is 0 Å². The zero-order valence-electron chi connectivity index (χ0n) is 21.9. The van der Waals surface area contributed by atoms with Crippen molar-refractivity contribution in [2.75, 3.05) is 39.3 Å². The monoisotopic (exact) mass is 439 g/mol.